The van der Waals surface area contributed by atoms with E-state index in [1.54, 1.807) is 7.11 Å². The van der Waals surface area contributed by atoms with Crippen molar-refractivity contribution in [3.05, 3.63) is 115 Å². The van der Waals surface area contributed by atoms with E-state index in [0.29, 0.717) is 13.2 Å². The molecule has 0 unspecified atom stereocenters. The number of rotatable bonds is 9. The molecule has 0 fully saturated rings. The van der Waals surface area contributed by atoms with Gasteiger partial charge in [0.15, 0.2) is 6.61 Å². The second-order valence-electron chi connectivity index (χ2n) is 8.96. The van der Waals surface area contributed by atoms with Crippen molar-refractivity contribution in [3.8, 4) is 5.75 Å². The van der Waals surface area contributed by atoms with Crippen molar-refractivity contribution in [3.63, 3.8) is 0 Å². The molecular weight excluding hydrogens is 501 g/mol. The zero-order valence-electron chi connectivity index (χ0n) is 20.9. The maximum Gasteiger partial charge on any atom is 0.265 e. The summed E-state index contributed by atoms with van der Waals surface area (Å²) in [6, 6.07) is 38.9. The Balaban J connectivity index is 0.00000320. The van der Waals surface area contributed by atoms with Crippen LogP contribution in [0.25, 0.3) is 0 Å². The molecule has 0 radical (unpaired) electrons. The fourth-order valence-corrected chi connectivity index (χ4v) is 9.23. The molecule has 5 rings (SSSR count). The van der Waals surface area contributed by atoms with Gasteiger partial charge in [0.1, 0.15) is 28.9 Å². The van der Waals surface area contributed by atoms with E-state index >= 15 is 0 Å². The first-order chi connectivity index (χ1) is 17.7. The Morgan fingerprint density at radius 1 is 0.811 bits per heavy atom. The van der Waals surface area contributed by atoms with Gasteiger partial charge in [0.25, 0.3) is 5.91 Å². The van der Waals surface area contributed by atoms with Crippen LogP contribution in [0.2, 0.25) is 0 Å². The summed E-state index contributed by atoms with van der Waals surface area (Å²) >= 11 is 0. The zero-order valence-corrected chi connectivity index (χ0v) is 22.6. The predicted molar refractivity (Wildman–Crippen MR) is 150 cm³/mol. The quantitative estimate of drug-likeness (QED) is 0.245. The van der Waals surface area contributed by atoms with Gasteiger partial charge in [-0.25, -0.2) is 0 Å². The summed E-state index contributed by atoms with van der Waals surface area (Å²) in [4.78, 5) is 14.6. The molecular formula is C31H31ClNO3P. The van der Waals surface area contributed by atoms with Crippen LogP contribution in [0.3, 0.4) is 0 Å². The number of hydrogen-bond donors (Lipinski definition) is 0. The smallest absolute Gasteiger partial charge is 0.265 e. The number of anilines is 1. The lowest BCUT2D eigenvalue weighted by Crippen LogP contribution is -3.00. The highest BCUT2D eigenvalue weighted by Gasteiger charge is 2.45. The number of benzene rings is 4. The van der Waals surface area contributed by atoms with Crippen LogP contribution in [0.5, 0.6) is 5.75 Å². The highest BCUT2D eigenvalue weighted by Crippen LogP contribution is 2.58. The lowest BCUT2D eigenvalue weighted by atomic mass is 10.1. The Kier molecular flexibility index (Phi) is 9.00. The highest BCUT2D eigenvalue weighted by atomic mass is 35.5. The molecule has 4 aromatic rings. The fourth-order valence-electron chi connectivity index (χ4n) is 5.00. The van der Waals surface area contributed by atoms with Crippen LogP contribution in [0.4, 0.5) is 5.69 Å². The molecule has 1 aliphatic rings. The molecule has 190 valence electrons. The second-order valence-corrected chi connectivity index (χ2v) is 12.4. The Hall–Kier alpha value is -3.17. The van der Waals surface area contributed by atoms with E-state index in [1.165, 1.54) is 21.5 Å². The molecule has 1 aliphatic heterocycles. The van der Waals surface area contributed by atoms with Gasteiger partial charge in [-0.3, -0.25) is 4.79 Å². The summed E-state index contributed by atoms with van der Waals surface area (Å²) in [5.74, 6) is 0.754. The Labute approximate surface area is 226 Å². The number of hydrogen-bond acceptors (Lipinski definition) is 3. The number of ether oxygens (including phenoxy) is 2. The van der Waals surface area contributed by atoms with Crippen LogP contribution < -0.4 is 38.0 Å². The average Bonchev–Trinajstić information content (AvgIpc) is 2.94. The maximum atomic E-state index is 12.8. The molecule has 37 heavy (non-hydrogen) atoms. The Morgan fingerprint density at radius 2 is 1.35 bits per heavy atom. The normalized spacial score (nSPS) is 12.9. The van der Waals surface area contributed by atoms with Crippen LogP contribution in [0, 0.1) is 0 Å². The minimum absolute atomic E-state index is 0. The van der Waals surface area contributed by atoms with Crippen molar-refractivity contribution in [2.24, 2.45) is 0 Å². The molecule has 0 spiro atoms. The maximum absolute atomic E-state index is 12.8. The van der Waals surface area contributed by atoms with Crippen molar-refractivity contribution < 1.29 is 26.7 Å². The van der Waals surface area contributed by atoms with Gasteiger partial charge in [-0.1, -0.05) is 60.7 Å². The van der Waals surface area contributed by atoms with Crippen molar-refractivity contribution in [2.45, 2.75) is 12.6 Å². The number of methoxy groups -OCH3 is 1. The van der Waals surface area contributed by atoms with Gasteiger partial charge in [-0.2, -0.15) is 0 Å². The van der Waals surface area contributed by atoms with Crippen molar-refractivity contribution in [2.75, 3.05) is 31.8 Å². The van der Waals surface area contributed by atoms with Crippen molar-refractivity contribution in [1.82, 2.24) is 0 Å². The first-order valence-corrected chi connectivity index (χ1v) is 14.3. The minimum atomic E-state index is -2.04. The SMILES string of the molecule is COCCCN1C(=O)COc2ccc(C[P+](c3ccccc3)(c3ccccc3)c3ccccc3)cc21.[Cl-]. The predicted octanol–water partition coefficient (Wildman–Crippen LogP) is 1.95. The first kappa shape index (κ1) is 26.9. The van der Waals surface area contributed by atoms with Gasteiger partial charge < -0.3 is 26.8 Å². The van der Waals surface area contributed by atoms with Crippen molar-refractivity contribution >= 4 is 34.8 Å². The Morgan fingerprint density at radius 3 is 1.86 bits per heavy atom. The number of nitrogens with zero attached hydrogens (tertiary/aromatic N) is 1. The molecule has 0 aromatic heterocycles. The third-order valence-corrected chi connectivity index (χ3v) is 11.1. The topological polar surface area (TPSA) is 38.8 Å². The molecule has 0 bridgehead atoms. The Bertz CT molecular complexity index is 1210. The average molecular weight is 532 g/mol. The van der Waals surface area contributed by atoms with Crippen LogP contribution >= 0.6 is 7.26 Å². The molecule has 0 saturated carbocycles. The highest BCUT2D eigenvalue weighted by molar-refractivity contribution is 7.95. The van der Waals surface area contributed by atoms with Gasteiger partial charge in [0.05, 0.1) is 11.8 Å². The van der Waals surface area contributed by atoms with Gasteiger partial charge in [-0.05, 0) is 60.5 Å². The number of halogens is 1. The first-order valence-electron chi connectivity index (χ1n) is 12.3. The molecule has 6 heteroatoms. The third-order valence-electron chi connectivity index (χ3n) is 6.71. The van der Waals surface area contributed by atoms with E-state index in [2.05, 4.69) is 103 Å². The van der Waals surface area contributed by atoms with Crippen LogP contribution in [-0.4, -0.2) is 32.8 Å². The van der Waals surface area contributed by atoms with E-state index in [9.17, 15) is 4.79 Å². The van der Waals surface area contributed by atoms with E-state index in [-0.39, 0.29) is 24.9 Å². The molecule has 0 saturated heterocycles. The number of amides is 1. The number of fused-ring (bicyclic) bond motifs is 1. The van der Waals surface area contributed by atoms with Crippen LogP contribution in [0.1, 0.15) is 12.0 Å². The van der Waals surface area contributed by atoms with E-state index in [0.717, 1.165) is 24.0 Å². The minimum Gasteiger partial charge on any atom is -1.00 e. The van der Waals surface area contributed by atoms with Gasteiger partial charge >= 0.3 is 0 Å². The molecule has 4 nitrogen and oxygen atoms in total. The number of carbonyl (C=O) groups excluding carboxylic acids is 1. The molecule has 0 aliphatic carbocycles. The largest absolute Gasteiger partial charge is 1.00 e. The van der Waals surface area contributed by atoms with E-state index in [4.69, 9.17) is 9.47 Å². The summed E-state index contributed by atoms with van der Waals surface area (Å²) in [6.07, 6.45) is 1.62. The molecule has 0 atom stereocenters. The number of carbonyl (C=O) groups is 1. The summed E-state index contributed by atoms with van der Waals surface area (Å²) in [5.41, 5.74) is 2.04. The van der Waals surface area contributed by atoms with Crippen LogP contribution in [0.15, 0.2) is 109 Å². The lowest BCUT2D eigenvalue weighted by Gasteiger charge is -2.31. The fraction of sp³-hybridized carbons (Fsp3) is 0.194. The van der Waals surface area contributed by atoms with E-state index in [1.807, 2.05) is 11.0 Å². The standard InChI is InChI=1S/C31H31NO3P.ClH/c1-34-21-11-20-32-29-22-25(18-19-30(29)35-23-31(32)33)24-36(26-12-5-2-6-13-26,27-14-7-3-8-15-27)28-16-9-4-10-17-28;/h2-10,12-19,22H,11,20-21,23-24H2,1H3;1H/q+1;/p-1. The van der Waals surface area contributed by atoms with Crippen molar-refractivity contribution in [1.29, 1.82) is 0 Å². The van der Waals surface area contributed by atoms with Crippen LogP contribution in [-0.2, 0) is 15.7 Å². The summed E-state index contributed by atoms with van der Waals surface area (Å²) in [6.45, 7) is 1.31. The monoisotopic (exact) mass is 531 g/mol. The van der Waals surface area contributed by atoms with E-state index < -0.39 is 7.26 Å². The van der Waals surface area contributed by atoms with Gasteiger partial charge in [0, 0.05) is 20.3 Å². The summed E-state index contributed by atoms with van der Waals surface area (Å²) in [7, 11) is -0.349. The molecule has 4 aromatic carbocycles. The van der Waals surface area contributed by atoms with Gasteiger partial charge in [0.2, 0.25) is 0 Å². The molecule has 1 heterocycles. The summed E-state index contributed by atoms with van der Waals surface area (Å²) in [5, 5.41) is 4.01. The molecule has 1 amide bonds. The third kappa shape index (κ3) is 5.57. The molecule has 0 N–H and O–H groups in total. The lowest BCUT2D eigenvalue weighted by molar-refractivity contribution is -0.121. The second kappa shape index (κ2) is 12.4. The zero-order chi connectivity index (χ0) is 24.8. The van der Waals surface area contributed by atoms with Gasteiger partial charge in [-0.15, -0.1) is 0 Å². The summed E-state index contributed by atoms with van der Waals surface area (Å²) < 4.78 is 11.0.